The van der Waals surface area contributed by atoms with Gasteiger partial charge in [0, 0.05) is 18.5 Å². The number of hydrogen-bond donors (Lipinski definition) is 1. The van der Waals surface area contributed by atoms with Crippen molar-refractivity contribution in [3.05, 3.63) is 34.9 Å². The summed E-state index contributed by atoms with van der Waals surface area (Å²) in [5.74, 6) is 0. The SMILES string of the molecule is Cc1ccc(COC2CC3(CNC3)C2)cc1C(F)(F)F. The molecular weight excluding hydrogens is 267 g/mol. The van der Waals surface area contributed by atoms with E-state index in [1.165, 1.54) is 19.1 Å². The van der Waals surface area contributed by atoms with Crippen molar-refractivity contribution in [1.29, 1.82) is 0 Å². The molecule has 1 aromatic carbocycles. The van der Waals surface area contributed by atoms with Gasteiger partial charge in [0.2, 0.25) is 0 Å². The molecule has 0 amide bonds. The molecule has 2 aliphatic rings. The highest BCUT2D eigenvalue weighted by molar-refractivity contribution is 5.33. The number of halogens is 3. The van der Waals surface area contributed by atoms with Crippen LogP contribution in [0.2, 0.25) is 0 Å². The van der Waals surface area contributed by atoms with Gasteiger partial charge in [-0.1, -0.05) is 12.1 Å². The fraction of sp³-hybridized carbons (Fsp3) is 0.600. The van der Waals surface area contributed by atoms with Crippen LogP contribution in [0.25, 0.3) is 0 Å². The molecule has 1 aromatic rings. The molecule has 1 aliphatic heterocycles. The van der Waals surface area contributed by atoms with Crippen molar-refractivity contribution in [1.82, 2.24) is 5.32 Å². The van der Waals surface area contributed by atoms with Crippen molar-refractivity contribution in [2.75, 3.05) is 13.1 Å². The molecule has 5 heteroatoms. The normalized spacial score (nSPS) is 21.6. The standard InChI is InChI=1S/C15H18F3NO/c1-10-2-3-11(4-13(10)15(16,17)18)7-20-12-5-14(6-12)8-19-9-14/h2-4,12,19H,5-9H2,1H3. The minimum atomic E-state index is -4.29. The van der Waals surface area contributed by atoms with Crippen LogP contribution in [0.5, 0.6) is 0 Å². The Bertz CT molecular complexity index is 500. The topological polar surface area (TPSA) is 21.3 Å². The molecule has 1 spiro atoms. The molecule has 0 atom stereocenters. The zero-order valence-corrected chi connectivity index (χ0v) is 11.4. The summed E-state index contributed by atoms with van der Waals surface area (Å²) in [6.07, 6.45) is -2.04. The van der Waals surface area contributed by atoms with Crippen molar-refractivity contribution >= 4 is 0 Å². The third kappa shape index (κ3) is 2.56. The molecule has 1 heterocycles. The van der Waals surface area contributed by atoms with E-state index in [0.29, 0.717) is 11.0 Å². The number of aryl methyl sites for hydroxylation is 1. The van der Waals surface area contributed by atoms with Gasteiger partial charge in [-0.25, -0.2) is 0 Å². The molecule has 1 saturated carbocycles. The van der Waals surface area contributed by atoms with E-state index in [1.807, 2.05) is 0 Å². The summed E-state index contributed by atoms with van der Waals surface area (Å²) in [4.78, 5) is 0. The van der Waals surface area contributed by atoms with E-state index in [9.17, 15) is 13.2 Å². The van der Waals surface area contributed by atoms with E-state index in [2.05, 4.69) is 5.32 Å². The van der Waals surface area contributed by atoms with E-state index in [0.717, 1.165) is 25.9 Å². The predicted molar refractivity (Wildman–Crippen MR) is 69.3 cm³/mol. The third-order valence-corrected chi connectivity index (χ3v) is 4.41. The Kier molecular flexibility index (Phi) is 3.29. The van der Waals surface area contributed by atoms with Crippen molar-refractivity contribution in [2.45, 2.75) is 38.7 Å². The number of ether oxygens (including phenoxy) is 1. The summed E-state index contributed by atoms with van der Waals surface area (Å²) in [5, 5.41) is 3.25. The first-order valence-corrected chi connectivity index (χ1v) is 6.87. The monoisotopic (exact) mass is 285 g/mol. The van der Waals surface area contributed by atoms with E-state index in [1.54, 1.807) is 6.07 Å². The number of hydrogen-bond acceptors (Lipinski definition) is 2. The summed E-state index contributed by atoms with van der Waals surface area (Å²) in [6.45, 7) is 3.84. The number of rotatable bonds is 3. The zero-order chi connectivity index (χ0) is 14.4. The Morgan fingerprint density at radius 3 is 2.55 bits per heavy atom. The second-order valence-corrected chi connectivity index (χ2v) is 6.09. The lowest BCUT2D eigenvalue weighted by atomic mass is 9.63. The predicted octanol–water partition coefficient (Wildman–Crippen LogP) is 3.28. The number of benzene rings is 1. The van der Waals surface area contributed by atoms with Crippen LogP contribution in [-0.2, 0) is 17.5 Å². The number of alkyl halides is 3. The van der Waals surface area contributed by atoms with E-state index < -0.39 is 11.7 Å². The van der Waals surface area contributed by atoms with E-state index >= 15 is 0 Å². The summed E-state index contributed by atoms with van der Waals surface area (Å²) in [6, 6.07) is 4.43. The minimum Gasteiger partial charge on any atom is -0.373 e. The summed E-state index contributed by atoms with van der Waals surface area (Å²) >= 11 is 0. The summed E-state index contributed by atoms with van der Waals surface area (Å²) in [7, 11) is 0. The first-order valence-electron chi connectivity index (χ1n) is 6.87. The average Bonchev–Trinajstić information content (AvgIpc) is 2.25. The van der Waals surface area contributed by atoms with Gasteiger partial charge in [-0.05, 0) is 37.0 Å². The van der Waals surface area contributed by atoms with Gasteiger partial charge in [-0.3, -0.25) is 0 Å². The van der Waals surface area contributed by atoms with E-state index in [-0.39, 0.29) is 18.3 Å². The quantitative estimate of drug-likeness (QED) is 0.920. The van der Waals surface area contributed by atoms with Crippen molar-refractivity contribution < 1.29 is 17.9 Å². The molecule has 3 rings (SSSR count). The molecule has 0 unspecified atom stereocenters. The maximum Gasteiger partial charge on any atom is 0.416 e. The van der Waals surface area contributed by atoms with Crippen molar-refractivity contribution in [3.8, 4) is 0 Å². The highest BCUT2D eigenvalue weighted by Gasteiger charge is 2.48. The van der Waals surface area contributed by atoms with Gasteiger partial charge in [0.25, 0.3) is 0 Å². The molecule has 2 fully saturated rings. The lowest BCUT2D eigenvalue weighted by Gasteiger charge is -2.54. The van der Waals surface area contributed by atoms with Gasteiger partial charge in [0.1, 0.15) is 0 Å². The Hall–Kier alpha value is -1.07. The average molecular weight is 285 g/mol. The molecule has 110 valence electrons. The zero-order valence-electron chi connectivity index (χ0n) is 11.4. The van der Waals surface area contributed by atoms with Crippen LogP contribution in [-0.4, -0.2) is 19.2 Å². The van der Waals surface area contributed by atoms with Gasteiger partial charge < -0.3 is 10.1 Å². The number of nitrogens with one attached hydrogen (secondary N) is 1. The van der Waals surface area contributed by atoms with Crippen LogP contribution < -0.4 is 5.32 Å². The molecule has 0 bridgehead atoms. The maximum atomic E-state index is 12.8. The first kappa shape index (κ1) is 13.9. The Balaban J connectivity index is 1.58. The molecule has 0 aromatic heterocycles. The van der Waals surface area contributed by atoms with Crippen LogP contribution in [0.15, 0.2) is 18.2 Å². The minimum absolute atomic E-state index is 0.202. The Labute approximate surface area is 116 Å². The molecule has 1 aliphatic carbocycles. The summed E-state index contributed by atoms with van der Waals surface area (Å²) in [5.41, 5.74) is 0.710. The molecule has 1 N–H and O–H groups in total. The molecule has 20 heavy (non-hydrogen) atoms. The highest BCUT2D eigenvalue weighted by Crippen LogP contribution is 2.45. The van der Waals surface area contributed by atoms with Crippen LogP contribution in [0.1, 0.15) is 29.5 Å². The Morgan fingerprint density at radius 2 is 2.00 bits per heavy atom. The van der Waals surface area contributed by atoms with Crippen LogP contribution in [0.4, 0.5) is 13.2 Å². The fourth-order valence-corrected chi connectivity index (χ4v) is 3.07. The first-order chi connectivity index (χ1) is 9.38. The van der Waals surface area contributed by atoms with Crippen molar-refractivity contribution in [3.63, 3.8) is 0 Å². The van der Waals surface area contributed by atoms with Gasteiger partial charge in [0.05, 0.1) is 18.3 Å². The molecule has 0 radical (unpaired) electrons. The largest absolute Gasteiger partial charge is 0.416 e. The van der Waals surface area contributed by atoms with Gasteiger partial charge in [-0.15, -0.1) is 0 Å². The van der Waals surface area contributed by atoms with Crippen LogP contribution >= 0.6 is 0 Å². The van der Waals surface area contributed by atoms with Crippen molar-refractivity contribution in [2.24, 2.45) is 5.41 Å². The lowest BCUT2D eigenvalue weighted by molar-refractivity contribution is -0.138. The molecular formula is C15H18F3NO. The lowest BCUT2D eigenvalue weighted by Crippen LogP contribution is -2.62. The smallest absolute Gasteiger partial charge is 0.373 e. The maximum absolute atomic E-state index is 12.8. The van der Waals surface area contributed by atoms with Crippen LogP contribution in [0, 0.1) is 12.3 Å². The second kappa shape index (κ2) is 4.74. The molecule has 1 saturated heterocycles. The van der Waals surface area contributed by atoms with Gasteiger partial charge >= 0.3 is 6.18 Å². The highest BCUT2D eigenvalue weighted by atomic mass is 19.4. The van der Waals surface area contributed by atoms with Crippen LogP contribution in [0.3, 0.4) is 0 Å². The van der Waals surface area contributed by atoms with Gasteiger partial charge in [0.15, 0.2) is 0 Å². The summed E-state index contributed by atoms with van der Waals surface area (Å²) < 4.78 is 44.1. The Morgan fingerprint density at radius 1 is 1.30 bits per heavy atom. The van der Waals surface area contributed by atoms with Gasteiger partial charge in [-0.2, -0.15) is 13.2 Å². The molecule has 2 nitrogen and oxygen atoms in total. The fourth-order valence-electron chi connectivity index (χ4n) is 3.07. The van der Waals surface area contributed by atoms with E-state index in [4.69, 9.17) is 4.74 Å². The second-order valence-electron chi connectivity index (χ2n) is 6.09. The third-order valence-electron chi connectivity index (χ3n) is 4.41.